The van der Waals surface area contributed by atoms with E-state index in [1.54, 1.807) is 12.1 Å². The third-order valence-corrected chi connectivity index (χ3v) is 6.13. The summed E-state index contributed by atoms with van der Waals surface area (Å²) in [6.45, 7) is 6.88. The number of rotatable bonds is 2. The van der Waals surface area contributed by atoms with E-state index in [0.717, 1.165) is 12.8 Å². The molecule has 2 aliphatic carbocycles. The van der Waals surface area contributed by atoms with Gasteiger partial charge in [0.1, 0.15) is 11.3 Å². The highest BCUT2D eigenvalue weighted by atomic mass is 35.5. The minimum absolute atomic E-state index is 0.00990. The third kappa shape index (κ3) is 1.86. The van der Waals surface area contributed by atoms with Crippen molar-refractivity contribution in [3.63, 3.8) is 0 Å². The highest BCUT2D eigenvalue weighted by Crippen LogP contribution is 2.66. The maximum Gasteiger partial charge on any atom is 0.338 e. The van der Waals surface area contributed by atoms with Gasteiger partial charge in [0.15, 0.2) is 0 Å². The van der Waals surface area contributed by atoms with Gasteiger partial charge in [-0.15, -0.1) is 0 Å². The van der Waals surface area contributed by atoms with E-state index >= 15 is 0 Å². The van der Waals surface area contributed by atoms with Crippen molar-refractivity contribution in [2.24, 2.45) is 16.7 Å². The number of hydrogen-bond donors (Lipinski definition) is 0. The smallest absolute Gasteiger partial charge is 0.338 e. The van der Waals surface area contributed by atoms with Gasteiger partial charge in [0.05, 0.1) is 5.56 Å². The van der Waals surface area contributed by atoms with Gasteiger partial charge in [-0.1, -0.05) is 32.4 Å². The number of pyridine rings is 1. The first-order valence-corrected chi connectivity index (χ1v) is 7.55. The quantitative estimate of drug-likeness (QED) is 0.608. The van der Waals surface area contributed by atoms with Crippen molar-refractivity contribution in [1.82, 2.24) is 4.98 Å². The molecule has 0 aromatic carbocycles. The highest BCUT2D eigenvalue weighted by molar-refractivity contribution is 6.29. The summed E-state index contributed by atoms with van der Waals surface area (Å²) in [4.78, 5) is 16.2. The molecule has 2 fully saturated rings. The van der Waals surface area contributed by atoms with E-state index in [1.165, 1.54) is 12.6 Å². The van der Waals surface area contributed by atoms with Gasteiger partial charge < -0.3 is 4.74 Å². The highest BCUT2D eigenvalue weighted by Gasteiger charge is 2.62. The molecule has 0 aliphatic heterocycles. The van der Waals surface area contributed by atoms with Crippen molar-refractivity contribution in [3.8, 4) is 0 Å². The summed E-state index contributed by atoms with van der Waals surface area (Å²) < 4.78 is 5.80. The second-order valence-corrected chi connectivity index (χ2v) is 7.26. The molecule has 3 atom stereocenters. The Morgan fingerprint density at radius 2 is 2.20 bits per heavy atom. The number of carbonyl (C=O) groups excluding carboxylic acids is 1. The van der Waals surface area contributed by atoms with Crippen LogP contribution in [-0.4, -0.2) is 17.1 Å². The second kappa shape index (κ2) is 4.45. The van der Waals surface area contributed by atoms with Crippen molar-refractivity contribution in [3.05, 3.63) is 29.0 Å². The zero-order chi connectivity index (χ0) is 14.5. The normalized spacial score (nSPS) is 34.2. The molecule has 4 heteroatoms. The van der Waals surface area contributed by atoms with Crippen LogP contribution in [0.5, 0.6) is 0 Å². The number of hydrogen-bond acceptors (Lipinski definition) is 3. The first kappa shape index (κ1) is 13.9. The van der Waals surface area contributed by atoms with Gasteiger partial charge in [-0.3, -0.25) is 0 Å². The molecule has 0 N–H and O–H groups in total. The predicted molar refractivity (Wildman–Crippen MR) is 77.7 cm³/mol. The summed E-state index contributed by atoms with van der Waals surface area (Å²) in [7, 11) is 0. The van der Waals surface area contributed by atoms with Gasteiger partial charge >= 0.3 is 5.97 Å². The van der Waals surface area contributed by atoms with Crippen molar-refractivity contribution >= 4 is 17.6 Å². The van der Waals surface area contributed by atoms with Gasteiger partial charge in [-0.05, 0) is 42.7 Å². The van der Waals surface area contributed by atoms with Crippen LogP contribution in [0, 0.1) is 16.7 Å². The molecule has 2 bridgehead atoms. The number of carbonyl (C=O) groups is 1. The molecule has 108 valence electrons. The summed E-state index contributed by atoms with van der Waals surface area (Å²) in [5, 5.41) is 0.318. The summed E-state index contributed by atoms with van der Waals surface area (Å²) in [5.41, 5.74) is 0.812. The molecular formula is C16H20ClNO2. The lowest BCUT2D eigenvalue weighted by molar-refractivity contribution is -0.0242. The van der Waals surface area contributed by atoms with Crippen molar-refractivity contribution in [1.29, 1.82) is 0 Å². The Kier molecular flexibility index (Phi) is 3.09. The Morgan fingerprint density at radius 1 is 1.45 bits per heavy atom. The van der Waals surface area contributed by atoms with Crippen LogP contribution < -0.4 is 0 Å². The van der Waals surface area contributed by atoms with E-state index in [9.17, 15) is 4.79 Å². The molecule has 0 radical (unpaired) electrons. The first-order chi connectivity index (χ1) is 9.34. The molecule has 1 aromatic rings. The number of aromatic nitrogens is 1. The summed E-state index contributed by atoms with van der Waals surface area (Å²) in [5.74, 6) is 0.371. The summed E-state index contributed by atoms with van der Waals surface area (Å²) in [6.07, 6.45) is 4.91. The largest absolute Gasteiger partial charge is 0.458 e. The van der Waals surface area contributed by atoms with Crippen molar-refractivity contribution in [2.75, 3.05) is 0 Å². The molecule has 3 unspecified atom stereocenters. The van der Waals surface area contributed by atoms with Crippen LogP contribution in [0.25, 0.3) is 0 Å². The van der Waals surface area contributed by atoms with E-state index in [0.29, 0.717) is 16.6 Å². The Hall–Kier alpha value is -1.09. The Morgan fingerprint density at radius 3 is 2.75 bits per heavy atom. The summed E-state index contributed by atoms with van der Waals surface area (Å²) >= 11 is 5.82. The van der Waals surface area contributed by atoms with Gasteiger partial charge in [-0.25, -0.2) is 9.78 Å². The monoisotopic (exact) mass is 293 g/mol. The van der Waals surface area contributed by atoms with Crippen molar-refractivity contribution in [2.45, 2.75) is 46.1 Å². The zero-order valence-corrected chi connectivity index (χ0v) is 12.9. The molecule has 0 saturated heterocycles. The van der Waals surface area contributed by atoms with E-state index in [2.05, 4.69) is 25.8 Å². The topological polar surface area (TPSA) is 39.2 Å². The fraction of sp³-hybridized carbons (Fsp3) is 0.625. The molecule has 3 rings (SSSR count). The van der Waals surface area contributed by atoms with E-state index in [4.69, 9.17) is 16.3 Å². The Bertz CT molecular complexity index is 557. The van der Waals surface area contributed by atoms with E-state index < -0.39 is 0 Å². The SMILES string of the molecule is CC1(C)C2CCC1(C)C(OC(=O)c1ccnc(Cl)c1)C2. The van der Waals surface area contributed by atoms with E-state index in [1.807, 2.05) is 0 Å². The Balaban J connectivity index is 1.78. The molecule has 1 aromatic heterocycles. The average molecular weight is 294 g/mol. The molecule has 20 heavy (non-hydrogen) atoms. The number of esters is 1. The standard InChI is InChI=1S/C16H20ClNO2/c1-15(2)11-4-6-16(15,3)12(9-11)20-14(19)10-5-7-18-13(17)8-10/h5,7-8,11-12H,4,6,9H2,1-3H3. The third-order valence-electron chi connectivity index (χ3n) is 5.93. The van der Waals surface area contributed by atoms with Crippen LogP contribution in [0.1, 0.15) is 50.4 Å². The molecule has 2 saturated carbocycles. The fourth-order valence-corrected chi connectivity index (χ4v) is 4.21. The lowest BCUT2D eigenvalue weighted by atomic mass is 9.70. The van der Waals surface area contributed by atoms with Crippen LogP contribution in [0.4, 0.5) is 0 Å². The summed E-state index contributed by atoms with van der Waals surface area (Å²) in [6, 6.07) is 3.21. The lowest BCUT2D eigenvalue weighted by Gasteiger charge is -2.38. The molecule has 2 aliphatic rings. The number of ether oxygens (including phenoxy) is 1. The van der Waals surface area contributed by atoms with Crippen LogP contribution in [0.3, 0.4) is 0 Å². The van der Waals surface area contributed by atoms with Crippen LogP contribution in [0.15, 0.2) is 18.3 Å². The van der Waals surface area contributed by atoms with Crippen LogP contribution >= 0.6 is 11.6 Å². The minimum Gasteiger partial charge on any atom is -0.458 e. The van der Waals surface area contributed by atoms with E-state index in [-0.39, 0.29) is 22.9 Å². The molecule has 0 spiro atoms. The van der Waals surface area contributed by atoms with Crippen LogP contribution in [0.2, 0.25) is 5.15 Å². The first-order valence-electron chi connectivity index (χ1n) is 7.17. The predicted octanol–water partition coefficient (Wildman–Crippen LogP) is 4.11. The zero-order valence-electron chi connectivity index (χ0n) is 12.1. The Labute approximate surface area is 124 Å². The molecular weight excluding hydrogens is 274 g/mol. The molecule has 0 amide bonds. The maximum atomic E-state index is 12.3. The fourth-order valence-electron chi connectivity index (χ4n) is 4.04. The van der Waals surface area contributed by atoms with Crippen LogP contribution in [-0.2, 0) is 4.74 Å². The van der Waals surface area contributed by atoms with Gasteiger partial charge in [0.25, 0.3) is 0 Å². The van der Waals surface area contributed by atoms with Gasteiger partial charge in [0.2, 0.25) is 0 Å². The number of halogens is 1. The second-order valence-electron chi connectivity index (χ2n) is 6.87. The number of fused-ring (bicyclic) bond motifs is 2. The minimum atomic E-state index is -0.288. The molecule has 3 nitrogen and oxygen atoms in total. The molecule has 1 heterocycles. The maximum absolute atomic E-state index is 12.3. The lowest BCUT2D eigenvalue weighted by Crippen LogP contribution is -2.38. The average Bonchev–Trinajstić information content (AvgIpc) is 2.72. The van der Waals surface area contributed by atoms with Gasteiger partial charge in [0, 0.05) is 11.6 Å². The van der Waals surface area contributed by atoms with Crippen molar-refractivity contribution < 1.29 is 9.53 Å². The van der Waals surface area contributed by atoms with Gasteiger partial charge in [-0.2, -0.15) is 0 Å². The number of nitrogens with zero attached hydrogens (tertiary/aromatic N) is 1.